The van der Waals surface area contributed by atoms with Crippen molar-refractivity contribution < 1.29 is 18.7 Å². The minimum Gasteiger partial charge on any atom is -0.463 e. The zero-order chi connectivity index (χ0) is 22.7. The van der Waals surface area contributed by atoms with Crippen LogP contribution in [0.15, 0.2) is 72.2 Å². The summed E-state index contributed by atoms with van der Waals surface area (Å²) in [7, 11) is 0. The zero-order valence-electron chi connectivity index (χ0n) is 17.7. The van der Waals surface area contributed by atoms with Gasteiger partial charge >= 0.3 is 5.97 Å². The number of anilines is 2. The number of hydrogen-bond acceptors (Lipinski definition) is 6. The molecule has 1 N–H and O–H groups in total. The fraction of sp³-hybridized carbons (Fsp3) is 0.217. The number of allylic oxidation sites excluding steroid dienone is 1. The molecular weight excluding hydrogens is 413 g/mol. The van der Waals surface area contributed by atoms with Crippen LogP contribution in [0.5, 0.6) is 0 Å². The summed E-state index contributed by atoms with van der Waals surface area (Å²) >= 11 is 0. The van der Waals surface area contributed by atoms with Crippen molar-refractivity contribution in [3.05, 3.63) is 83.6 Å². The summed E-state index contributed by atoms with van der Waals surface area (Å²) in [5, 5.41) is 7.13. The first kappa shape index (κ1) is 21.2. The van der Waals surface area contributed by atoms with Gasteiger partial charge in [-0.3, -0.25) is 4.79 Å². The molecule has 1 aromatic heterocycles. The highest BCUT2D eigenvalue weighted by molar-refractivity contribution is 5.96. The van der Waals surface area contributed by atoms with Crippen LogP contribution in [0.1, 0.15) is 25.5 Å². The largest absolute Gasteiger partial charge is 0.463 e. The number of esters is 1. The normalized spacial score (nSPS) is 15.3. The maximum Gasteiger partial charge on any atom is 0.338 e. The number of ether oxygens (including phenoxy) is 1. The van der Waals surface area contributed by atoms with Gasteiger partial charge < -0.3 is 15.0 Å². The monoisotopic (exact) mass is 435 g/mol. The molecule has 0 spiro atoms. The Morgan fingerprint density at radius 3 is 2.53 bits per heavy atom. The van der Waals surface area contributed by atoms with Crippen LogP contribution in [0.3, 0.4) is 0 Å². The molecule has 0 bridgehead atoms. The van der Waals surface area contributed by atoms with Crippen molar-refractivity contribution in [3.8, 4) is 0 Å². The molecule has 1 unspecified atom stereocenters. The van der Waals surface area contributed by atoms with Gasteiger partial charge in [-0.05, 0) is 43.7 Å². The molecule has 0 aliphatic carbocycles. The zero-order valence-corrected chi connectivity index (χ0v) is 17.7. The second-order valence-electron chi connectivity index (χ2n) is 7.18. The third-order valence-corrected chi connectivity index (χ3v) is 5.15. The van der Waals surface area contributed by atoms with Crippen LogP contribution in [0.4, 0.5) is 16.0 Å². The third kappa shape index (κ3) is 4.09. The number of nitrogens with one attached hydrogen (secondary N) is 1. The van der Waals surface area contributed by atoms with E-state index in [1.54, 1.807) is 47.7 Å². The molecule has 3 aromatic rings. The molecule has 0 fully saturated rings. The summed E-state index contributed by atoms with van der Waals surface area (Å²) in [5.41, 5.74) is 2.13. The summed E-state index contributed by atoms with van der Waals surface area (Å²) in [6.07, 6.45) is 1.36. The molecule has 32 heavy (non-hydrogen) atoms. The maximum atomic E-state index is 13.5. The fourth-order valence-corrected chi connectivity index (χ4v) is 3.71. The molecule has 0 radical (unpaired) electrons. The van der Waals surface area contributed by atoms with Gasteiger partial charge in [-0.1, -0.05) is 30.3 Å². The molecule has 1 aliphatic heterocycles. The average Bonchev–Trinajstić information content (AvgIpc) is 3.26. The highest BCUT2D eigenvalue weighted by Gasteiger charge is 2.38. The Balaban J connectivity index is 1.74. The Morgan fingerprint density at radius 2 is 1.84 bits per heavy atom. The van der Waals surface area contributed by atoms with E-state index < -0.39 is 12.0 Å². The van der Waals surface area contributed by atoms with Gasteiger partial charge in [-0.15, -0.1) is 0 Å². The van der Waals surface area contributed by atoms with Crippen LogP contribution >= 0.6 is 0 Å². The molecule has 164 valence electrons. The first-order valence-electron chi connectivity index (χ1n) is 10.1. The van der Waals surface area contributed by atoms with Gasteiger partial charge in [0.25, 0.3) is 0 Å². The predicted molar refractivity (Wildman–Crippen MR) is 116 cm³/mol. The average molecular weight is 435 g/mol. The van der Waals surface area contributed by atoms with Gasteiger partial charge in [0.2, 0.25) is 11.9 Å². The van der Waals surface area contributed by atoms with Crippen LogP contribution in [0.2, 0.25) is 0 Å². The molecule has 1 amide bonds. The van der Waals surface area contributed by atoms with Gasteiger partial charge in [0.15, 0.2) is 0 Å². The van der Waals surface area contributed by atoms with Crippen molar-refractivity contribution in [2.75, 3.05) is 23.4 Å². The number of benzene rings is 2. The fourth-order valence-electron chi connectivity index (χ4n) is 3.71. The van der Waals surface area contributed by atoms with Crippen molar-refractivity contribution in [1.82, 2.24) is 14.8 Å². The lowest BCUT2D eigenvalue weighted by Gasteiger charge is -2.35. The molecule has 2 aromatic carbocycles. The van der Waals surface area contributed by atoms with Crippen LogP contribution in [-0.2, 0) is 14.3 Å². The number of hydrogen-bond donors (Lipinski definition) is 1. The van der Waals surface area contributed by atoms with Crippen molar-refractivity contribution in [2.45, 2.75) is 19.9 Å². The summed E-state index contributed by atoms with van der Waals surface area (Å²) in [4.78, 5) is 31.7. The highest BCUT2D eigenvalue weighted by Crippen LogP contribution is 2.38. The van der Waals surface area contributed by atoms with E-state index in [4.69, 9.17) is 4.74 Å². The Morgan fingerprint density at radius 1 is 1.12 bits per heavy atom. The number of fused-ring (bicyclic) bond motifs is 1. The smallest absolute Gasteiger partial charge is 0.338 e. The van der Waals surface area contributed by atoms with Crippen LogP contribution in [0.25, 0.3) is 0 Å². The van der Waals surface area contributed by atoms with Crippen molar-refractivity contribution in [2.24, 2.45) is 0 Å². The van der Waals surface area contributed by atoms with E-state index in [0.717, 1.165) is 0 Å². The molecule has 0 saturated heterocycles. The van der Waals surface area contributed by atoms with E-state index in [2.05, 4.69) is 15.4 Å². The van der Waals surface area contributed by atoms with Gasteiger partial charge in [0.1, 0.15) is 24.7 Å². The number of para-hydroxylation sites is 1. The Bertz CT molecular complexity index is 1160. The lowest BCUT2D eigenvalue weighted by atomic mass is 9.95. The Kier molecular flexibility index (Phi) is 5.98. The van der Waals surface area contributed by atoms with Crippen molar-refractivity contribution in [1.29, 1.82) is 0 Å². The number of carbonyl (C=O) groups excluding carboxylic acids is 2. The van der Waals surface area contributed by atoms with E-state index >= 15 is 0 Å². The van der Waals surface area contributed by atoms with E-state index in [1.165, 1.54) is 18.5 Å². The molecule has 4 rings (SSSR count). The maximum absolute atomic E-state index is 13.5. The van der Waals surface area contributed by atoms with Gasteiger partial charge in [-0.25, -0.2) is 13.9 Å². The minimum absolute atomic E-state index is 0.0849. The number of nitrogens with zero attached hydrogens (tertiary/aromatic N) is 4. The molecule has 2 heterocycles. The summed E-state index contributed by atoms with van der Waals surface area (Å²) < 4.78 is 20.4. The Labute approximate surface area is 184 Å². The molecule has 0 saturated carbocycles. The number of carbonyl (C=O) groups is 2. The van der Waals surface area contributed by atoms with Crippen LogP contribution in [0, 0.1) is 5.82 Å². The third-order valence-electron chi connectivity index (χ3n) is 5.15. The second kappa shape index (κ2) is 9.01. The predicted octanol–water partition coefficient (Wildman–Crippen LogP) is 3.30. The standard InChI is InChI=1S/C23H22FN5O3/c1-3-32-22(31)20-15(2)28(13-19(30)27-18-7-5-4-6-8-18)23-25-14-26-29(23)21(20)16-9-11-17(24)12-10-16/h4-12,14,21H,3,13H2,1-2H3,(H,27,30). The Hall–Kier alpha value is -4.01. The minimum atomic E-state index is -0.666. The van der Waals surface area contributed by atoms with Gasteiger partial charge in [0, 0.05) is 11.4 Å². The van der Waals surface area contributed by atoms with Gasteiger partial charge in [0.05, 0.1) is 12.2 Å². The molecular formula is C23H22FN5O3. The summed E-state index contributed by atoms with van der Waals surface area (Å²) in [6.45, 7) is 3.55. The number of rotatable bonds is 6. The topological polar surface area (TPSA) is 89.3 Å². The van der Waals surface area contributed by atoms with E-state index in [0.29, 0.717) is 28.5 Å². The quantitative estimate of drug-likeness (QED) is 0.598. The van der Waals surface area contributed by atoms with Crippen molar-refractivity contribution in [3.63, 3.8) is 0 Å². The lowest BCUT2D eigenvalue weighted by molar-refractivity contribution is -0.139. The van der Waals surface area contributed by atoms with Crippen LogP contribution in [-0.4, -0.2) is 39.8 Å². The molecule has 9 heteroatoms. The second-order valence-corrected chi connectivity index (χ2v) is 7.18. The number of halogens is 1. The van der Waals surface area contributed by atoms with Gasteiger partial charge in [-0.2, -0.15) is 10.1 Å². The molecule has 1 atom stereocenters. The SMILES string of the molecule is CCOC(=O)C1=C(C)N(CC(=O)Nc2ccccc2)c2ncnn2C1c1ccc(F)cc1. The number of aromatic nitrogens is 3. The summed E-state index contributed by atoms with van der Waals surface area (Å²) in [6, 6.07) is 14.2. The molecule has 1 aliphatic rings. The lowest BCUT2D eigenvalue weighted by Crippen LogP contribution is -2.40. The highest BCUT2D eigenvalue weighted by atomic mass is 19.1. The van der Waals surface area contributed by atoms with E-state index in [9.17, 15) is 14.0 Å². The van der Waals surface area contributed by atoms with E-state index in [-0.39, 0.29) is 24.9 Å². The molecule has 8 nitrogen and oxygen atoms in total. The first-order chi connectivity index (χ1) is 15.5. The summed E-state index contributed by atoms with van der Waals surface area (Å²) in [5.74, 6) is -0.809. The number of amides is 1. The van der Waals surface area contributed by atoms with Crippen molar-refractivity contribution >= 4 is 23.5 Å². The first-order valence-corrected chi connectivity index (χ1v) is 10.1. The van der Waals surface area contributed by atoms with Crippen LogP contribution < -0.4 is 10.2 Å². The van der Waals surface area contributed by atoms with E-state index in [1.807, 2.05) is 18.2 Å².